The fraction of sp³-hybridized carbons (Fsp3) is 0.538. The van der Waals surface area contributed by atoms with Crippen molar-refractivity contribution < 1.29 is 4.74 Å². The van der Waals surface area contributed by atoms with Gasteiger partial charge in [-0.2, -0.15) is 0 Å². The van der Waals surface area contributed by atoms with Crippen molar-refractivity contribution in [1.82, 2.24) is 5.32 Å². The third kappa shape index (κ3) is 4.19. The van der Waals surface area contributed by atoms with E-state index in [0.717, 1.165) is 16.3 Å². The first-order valence-electron chi connectivity index (χ1n) is 5.84. The SMILES string of the molecule is COc1ccc(Cl)cc1CNC(CN)C(C)C. The summed E-state index contributed by atoms with van der Waals surface area (Å²) in [5.41, 5.74) is 6.77. The van der Waals surface area contributed by atoms with Gasteiger partial charge in [0.2, 0.25) is 0 Å². The van der Waals surface area contributed by atoms with E-state index in [9.17, 15) is 0 Å². The Morgan fingerprint density at radius 1 is 1.41 bits per heavy atom. The molecule has 0 heterocycles. The van der Waals surface area contributed by atoms with Gasteiger partial charge in [-0.25, -0.2) is 0 Å². The monoisotopic (exact) mass is 256 g/mol. The third-order valence-electron chi connectivity index (χ3n) is 2.86. The molecule has 0 aliphatic rings. The maximum absolute atomic E-state index is 5.98. The average Bonchev–Trinajstić information content (AvgIpc) is 2.29. The lowest BCUT2D eigenvalue weighted by atomic mass is 10.0. The Hall–Kier alpha value is -0.770. The lowest BCUT2D eigenvalue weighted by Gasteiger charge is -2.21. The van der Waals surface area contributed by atoms with E-state index in [1.807, 2.05) is 18.2 Å². The van der Waals surface area contributed by atoms with E-state index in [1.54, 1.807) is 7.11 Å². The van der Waals surface area contributed by atoms with Crippen molar-refractivity contribution in [3.05, 3.63) is 28.8 Å². The van der Waals surface area contributed by atoms with Crippen LogP contribution in [0.25, 0.3) is 0 Å². The molecule has 17 heavy (non-hydrogen) atoms. The molecular formula is C13H21ClN2O. The third-order valence-corrected chi connectivity index (χ3v) is 3.09. The van der Waals surface area contributed by atoms with Crippen molar-refractivity contribution in [3.63, 3.8) is 0 Å². The molecule has 0 aliphatic heterocycles. The van der Waals surface area contributed by atoms with E-state index in [-0.39, 0.29) is 0 Å². The summed E-state index contributed by atoms with van der Waals surface area (Å²) < 4.78 is 5.30. The van der Waals surface area contributed by atoms with Gasteiger partial charge < -0.3 is 15.8 Å². The van der Waals surface area contributed by atoms with Crippen LogP contribution in [-0.2, 0) is 6.54 Å². The summed E-state index contributed by atoms with van der Waals surface area (Å²) in [6.45, 7) is 5.64. The van der Waals surface area contributed by atoms with Crippen LogP contribution in [0.1, 0.15) is 19.4 Å². The molecule has 3 N–H and O–H groups in total. The molecular weight excluding hydrogens is 236 g/mol. The molecule has 4 heteroatoms. The molecule has 96 valence electrons. The minimum absolute atomic E-state index is 0.304. The Balaban J connectivity index is 2.70. The van der Waals surface area contributed by atoms with E-state index in [0.29, 0.717) is 25.0 Å². The summed E-state index contributed by atoms with van der Waals surface area (Å²) >= 11 is 5.98. The van der Waals surface area contributed by atoms with Gasteiger partial charge in [-0.15, -0.1) is 0 Å². The zero-order chi connectivity index (χ0) is 12.8. The molecule has 1 aromatic carbocycles. The van der Waals surface area contributed by atoms with Gasteiger partial charge >= 0.3 is 0 Å². The zero-order valence-electron chi connectivity index (χ0n) is 10.7. The molecule has 0 spiro atoms. The highest BCUT2D eigenvalue weighted by Crippen LogP contribution is 2.22. The summed E-state index contributed by atoms with van der Waals surface area (Å²) in [7, 11) is 1.66. The number of nitrogens with two attached hydrogens (primary N) is 1. The highest BCUT2D eigenvalue weighted by molar-refractivity contribution is 6.30. The van der Waals surface area contributed by atoms with E-state index in [1.165, 1.54) is 0 Å². The van der Waals surface area contributed by atoms with Crippen molar-refractivity contribution in [2.75, 3.05) is 13.7 Å². The van der Waals surface area contributed by atoms with Gasteiger partial charge in [0.25, 0.3) is 0 Å². The smallest absolute Gasteiger partial charge is 0.123 e. The highest BCUT2D eigenvalue weighted by Gasteiger charge is 2.12. The topological polar surface area (TPSA) is 47.3 Å². The Morgan fingerprint density at radius 2 is 2.12 bits per heavy atom. The summed E-state index contributed by atoms with van der Waals surface area (Å²) in [5, 5.41) is 4.14. The van der Waals surface area contributed by atoms with Crippen LogP contribution in [0.5, 0.6) is 5.75 Å². The number of hydrogen-bond donors (Lipinski definition) is 2. The van der Waals surface area contributed by atoms with E-state index in [2.05, 4.69) is 19.2 Å². The Kier molecular flexibility index (Phi) is 5.75. The predicted molar refractivity (Wildman–Crippen MR) is 72.5 cm³/mol. The van der Waals surface area contributed by atoms with E-state index < -0.39 is 0 Å². The second-order valence-electron chi connectivity index (χ2n) is 4.42. The minimum atomic E-state index is 0.304. The Morgan fingerprint density at radius 3 is 2.65 bits per heavy atom. The number of rotatable bonds is 6. The zero-order valence-corrected chi connectivity index (χ0v) is 11.4. The van der Waals surface area contributed by atoms with Crippen molar-refractivity contribution in [1.29, 1.82) is 0 Å². The molecule has 1 atom stereocenters. The van der Waals surface area contributed by atoms with Crippen molar-refractivity contribution in [2.45, 2.75) is 26.4 Å². The number of hydrogen-bond acceptors (Lipinski definition) is 3. The molecule has 0 radical (unpaired) electrons. The van der Waals surface area contributed by atoms with Gasteiger partial charge in [-0.05, 0) is 24.1 Å². The van der Waals surface area contributed by atoms with Crippen LogP contribution in [0, 0.1) is 5.92 Å². The van der Waals surface area contributed by atoms with Gasteiger partial charge in [0.1, 0.15) is 5.75 Å². The predicted octanol–water partition coefficient (Wildman–Crippen LogP) is 2.42. The Labute approximate surface area is 108 Å². The first kappa shape index (κ1) is 14.3. The van der Waals surface area contributed by atoms with Crippen LogP contribution in [0.3, 0.4) is 0 Å². The van der Waals surface area contributed by atoms with Crippen LogP contribution in [-0.4, -0.2) is 19.7 Å². The maximum Gasteiger partial charge on any atom is 0.123 e. The number of nitrogens with one attached hydrogen (secondary N) is 1. The van der Waals surface area contributed by atoms with Crippen molar-refractivity contribution in [3.8, 4) is 5.75 Å². The summed E-state index contributed by atoms with van der Waals surface area (Å²) in [5.74, 6) is 1.35. The fourth-order valence-electron chi connectivity index (χ4n) is 1.72. The number of methoxy groups -OCH3 is 1. The molecule has 0 aromatic heterocycles. The summed E-state index contributed by atoms with van der Waals surface area (Å²) in [4.78, 5) is 0. The molecule has 1 unspecified atom stereocenters. The largest absolute Gasteiger partial charge is 0.496 e. The van der Waals surface area contributed by atoms with Gasteiger partial charge in [0.15, 0.2) is 0 Å². The Bertz CT molecular complexity index is 355. The molecule has 0 bridgehead atoms. The molecule has 1 aromatic rings. The molecule has 0 saturated heterocycles. The first-order valence-corrected chi connectivity index (χ1v) is 6.22. The van der Waals surface area contributed by atoms with Gasteiger partial charge in [0, 0.05) is 29.7 Å². The van der Waals surface area contributed by atoms with Crippen molar-refractivity contribution >= 4 is 11.6 Å². The molecule has 0 aliphatic carbocycles. The lowest BCUT2D eigenvalue weighted by molar-refractivity contribution is 0.386. The van der Waals surface area contributed by atoms with Gasteiger partial charge in [-0.3, -0.25) is 0 Å². The molecule has 3 nitrogen and oxygen atoms in total. The second-order valence-corrected chi connectivity index (χ2v) is 4.86. The van der Waals surface area contributed by atoms with Crippen LogP contribution in [0.15, 0.2) is 18.2 Å². The molecule has 0 amide bonds. The van der Waals surface area contributed by atoms with Crippen molar-refractivity contribution in [2.24, 2.45) is 11.7 Å². The maximum atomic E-state index is 5.98. The van der Waals surface area contributed by atoms with Crippen LogP contribution < -0.4 is 15.8 Å². The quantitative estimate of drug-likeness (QED) is 0.822. The minimum Gasteiger partial charge on any atom is -0.496 e. The van der Waals surface area contributed by atoms with E-state index in [4.69, 9.17) is 22.1 Å². The van der Waals surface area contributed by atoms with Gasteiger partial charge in [-0.1, -0.05) is 25.4 Å². The van der Waals surface area contributed by atoms with Gasteiger partial charge in [0.05, 0.1) is 7.11 Å². The number of ether oxygens (including phenoxy) is 1. The van der Waals surface area contributed by atoms with Crippen LogP contribution >= 0.6 is 11.6 Å². The molecule has 1 rings (SSSR count). The van der Waals surface area contributed by atoms with Crippen LogP contribution in [0.4, 0.5) is 0 Å². The van der Waals surface area contributed by atoms with E-state index >= 15 is 0 Å². The summed E-state index contributed by atoms with van der Waals surface area (Å²) in [6, 6.07) is 5.93. The second kappa shape index (κ2) is 6.84. The lowest BCUT2D eigenvalue weighted by Crippen LogP contribution is -2.39. The number of benzene rings is 1. The fourth-order valence-corrected chi connectivity index (χ4v) is 1.91. The summed E-state index contributed by atoms with van der Waals surface area (Å²) in [6.07, 6.45) is 0. The standard InChI is InChI=1S/C13H21ClN2O/c1-9(2)12(7-15)16-8-10-6-11(14)4-5-13(10)17-3/h4-6,9,12,16H,7-8,15H2,1-3H3. The highest BCUT2D eigenvalue weighted by atomic mass is 35.5. The normalized spacial score (nSPS) is 12.8. The first-order chi connectivity index (χ1) is 8.08. The molecule has 0 saturated carbocycles. The van der Waals surface area contributed by atoms with Crippen LogP contribution in [0.2, 0.25) is 5.02 Å². The number of halogens is 1. The average molecular weight is 257 g/mol. The molecule has 0 fully saturated rings.